The topological polar surface area (TPSA) is 60.3 Å². The lowest BCUT2D eigenvalue weighted by Gasteiger charge is -2.27. The Hall–Kier alpha value is -1.85. The van der Waals surface area contributed by atoms with Crippen LogP contribution in [0.1, 0.15) is 13.8 Å². The molecule has 0 aliphatic carbocycles. The number of aliphatic imine (C=N–C) groups is 2. The molecule has 0 unspecified atom stereocenters. The molecule has 100 valence electrons. The minimum Gasteiger partial charge on any atom is -0.363 e. The lowest BCUT2D eigenvalue weighted by molar-refractivity contribution is -0.123. The fourth-order valence-electron chi connectivity index (χ4n) is 1.31. The maximum atomic E-state index is 11.2. The fourth-order valence-corrected chi connectivity index (χ4v) is 1.31. The summed E-state index contributed by atoms with van der Waals surface area (Å²) in [6.45, 7) is 9.66. The molecular weight excluding hydrogens is 230 g/mol. The van der Waals surface area contributed by atoms with Gasteiger partial charge in [-0.15, -0.1) is 0 Å². The number of hydrogen-bond donors (Lipinski definition) is 1. The van der Waals surface area contributed by atoms with Gasteiger partial charge in [0.05, 0.1) is 12.9 Å². The van der Waals surface area contributed by atoms with Gasteiger partial charge in [0.2, 0.25) is 5.91 Å². The summed E-state index contributed by atoms with van der Waals surface area (Å²) in [6, 6.07) is 0.399. The summed E-state index contributed by atoms with van der Waals surface area (Å²) in [5.41, 5.74) is 0. The van der Waals surface area contributed by atoms with Crippen molar-refractivity contribution >= 4 is 18.6 Å². The molecule has 0 saturated carbocycles. The van der Waals surface area contributed by atoms with Crippen molar-refractivity contribution in [3.05, 3.63) is 12.4 Å². The monoisotopic (exact) mass is 251 g/mol. The first-order chi connectivity index (χ1) is 8.50. The van der Waals surface area contributed by atoms with Crippen LogP contribution in [-0.4, -0.2) is 61.1 Å². The third-order valence-electron chi connectivity index (χ3n) is 2.74. The van der Waals surface area contributed by atoms with Crippen LogP contribution in [-0.2, 0) is 4.79 Å². The Labute approximate surface area is 108 Å². The molecule has 0 radical (unpaired) electrons. The van der Waals surface area contributed by atoms with Crippen molar-refractivity contribution in [1.82, 2.24) is 15.1 Å². The molecular formula is C12H21N5O. The second kappa shape index (κ2) is 6.78. The van der Waals surface area contributed by atoms with E-state index in [2.05, 4.69) is 35.7 Å². The van der Waals surface area contributed by atoms with Crippen LogP contribution in [0.15, 0.2) is 22.4 Å². The molecule has 0 spiro atoms. The molecule has 0 bridgehead atoms. The Morgan fingerprint density at radius 1 is 1.61 bits per heavy atom. The Morgan fingerprint density at radius 3 is 2.94 bits per heavy atom. The number of nitrogens with zero attached hydrogens (tertiary/aromatic N) is 4. The molecule has 6 heteroatoms. The molecule has 6 nitrogen and oxygen atoms in total. The normalized spacial score (nSPS) is 16.7. The van der Waals surface area contributed by atoms with E-state index in [0.717, 1.165) is 6.54 Å². The van der Waals surface area contributed by atoms with E-state index < -0.39 is 0 Å². The molecule has 0 aromatic rings. The van der Waals surface area contributed by atoms with Crippen molar-refractivity contribution in [1.29, 1.82) is 0 Å². The van der Waals surface area contributed by atoms with Crippen molar-refractivity contribution < 1.29 is 4.79 Å². The third kappa shape index (κ3) is 4.57. The number of amides is 1. The highest BCUT2D eigenvalue weighted by atomic mass is 16.2. The standard InChI is InChI=1S/C12H21N5O/c1-10(2)16(4)9-13-8-15-11(3)17-6-5-14-12(18)7-17/h8-10H,3,5-7H2,1-2,4H3,(H,14,18). The Bertz CT molecular complexity index is 361. The summed E-state index contributed by atoms with van der Waals surface area (Å²) < 4.78 is 0. The van der Waals surface area contributed by atoms with Gasteiger partial charge < -0.3 is 15.1 Å². The fraction of sp³-hybridized carbons (Fsp3) is 0.583. The quantitative estimate of drug-likeness (QED) is 0.564. The van der Waals surface area contributed by atoms with E-state index in [9.17, 15) is 4.79 Å². The van der Waals surface area contributed by atoms with Crippen LogP contribution >= 0.6 is 0 Å². The van der Waals surface area contributed by atoms with Gasteiger partial charge in [-0.05, 0) is 13.8 Å². The minimum atomic E-state index is 0.000595. The van der Waals surface area contributed by atoms with Crippen LogP contribution in [0.3, 0.4) is 0 Å². The molecule has 1 aliphatic heterocycles. The molecule has 0 aromatic carbocycles. The molecule has 0 atom stereocenters. The zero-order valence-corrected chi connectivity index (χ0v) is 11.3. The van der Waals surface area contributed by atoms with Crippen molar-refractivity contribution in [3.63, 3.8) is 0 Å². The largest absolute Gasteiger partial charge is 0.363 e. The number of carbonyl (C=O) groups excluding carboxylic acids is 1. The average molecular weight is 251 g/mol. The molecule has 1 aliphatic rings. The van der Waals surface area contributed by atoms with Gasteiger partial charge in [0, 0.05) is 26.2 Å². The number of hydrogen-bond acceptors (Lipinski definition) is 3. The van der Waals surface area contributed by atoms with E-state index in [4.69, 9.17) is 0 Å². The maximum absolute atomic E-state index is 11.2. The van der Waals surface area contributed by atoms with Gasteiger partial charge in [0.15, 0.2) is 0 Å². The SMILES string of the molecule is C=C(N=CN=CN(C)C(C)C)N1CCNC(=O)C1. The number of carbonyl (C=O) groups is 1. The van der Waals surface area contributed by atoms with Crippen molar-refractivity contribution in [2.24, 2.45) is 9.98 Å². The molecule has 1 rings (SSSR count). The summed E-state index contributed by atoms with van der Waals surface area (Å²) in [7, 11) is 1.95. The van der Waals surface area contributed by atoms with Crippen LogP contribution in [0.25, 0.3) is 0 Å². The molecule has 1 fully saturated rings. The predicted octanol–water partition coefficient (Wildman–Crippen LogP) is 0.286. The van der Waals surface area contributed by atoms with Gasteiger partial charge in [0.25, 0.3) is 0 Å². The Morgan fingerprint density at radius 2 is 2.33 bits per heavy atom. The first kappa shape index (κ1) is 14.2. The summed E-state index contributed by atoms with van der Waals surface area (Å²) in [5.74, 6) is 0.565. The lowest BCUT2D eigenvalue weighted by atomic mass is 10.3. The second-order valence-electron chi connectivity index (χ2n) is 4.46. The van der Waals surface area contributed by atoms with E-state index in [0.29, 0.717) is 25.0 Å². The van der Waals surface area contributed by atoms with E-state index in [1.54, 1.807) is 6.34 Å². The summed E-state index contributed by atoms with van der Waals surface area (Å²) in [5, 5.41) is 2.75. The number of piperazine rings is 1. The highest BCUT2D eigenvalue weighted by Crippen LogP contribution is 2.04. The van der Waals surface area contributed by atoms with Gasteiger partial charge >= 0.3 is 0 Å². The Kier molecular flexibility index (Phi) is 5.35. The first-order valence-corrected chi connectivity index (χ1v) is 5.99. The zero-order valence-electron chi connectivity index (χ0n) is 11.3. The van der Waals surface area contributed by atoms with Crippen LogP contribution in [0.2, 0.25) is 0 Å². The van der Waals surface area contributed by atoms with Crippen molar-refractivity contribution in [2.45, 2.75) is 19.9 Å². The highest BCUT2D eigenvalue weighted by Gasteiger charge is 2.16. The van der Waals surface area contributed by atoms with Gasteiger partial charge in [0.1, 0.15) is 12.2 Å². The molecule has 1 heterocycles. The number of rotatable bonds is 5. The number of nitrogens with one attached hydrogen (secondary N) is 1. The van der Waals surface area contributed by atoms with Crippen LogP contribution in [0.4, 0.5) is 0 Å². The van der Waals surface area contributed by atoms with E-state index in [1.807, 2.05) is 16.8 Å². The van der Waals surface area contributed by atoms with Crippen molar-refractivity contribution in [3.8, 4) is 0 Å². The van der Waals surface area contributed by atoms with E-state index in [-0.39, 0.29) is 5.91 Å². The molecule has 1 saturated heterocycles. The molecule has 1 amide bonds. The summed E-state index contributed by atoms with van der Waals surface area (Å²) >= 11 is 0. The first-order valence-electron chi connectivity index (χ1n) is 5.99. The van der Waals surface area contributed by atoms with E-state index >= 15 is 0 Å². The summed E-state index contributed by atoms with van der Waals surface area (Å²) in [6.07, 6.45) is 3.16. The van der Waals surface area contributed by atoms with Crippen LogP contribution in [0, 0.1) is 0 Å². The highest BCUT2D eigenvalue weighted by molar-refractivity contribution is 5.79. The zero-order chi connectivity index (χ0) is 13.5. The lowest BCUT2D eigenvalue weighted by Crippen LogP contribution is -2.46. The van der Waals surface area contributed by atoms with Crippen LogP contribution < -0.4 is 5.32 Å². The summed E-state index contributed by atoms with van der Waals surface area (Å²) in [4.78, 5) is 23.2. The third-order valence-corrected chi connectivity index (χ3v) is 2.74. The van der Waals surface area contributed by atoms with Gasteiger partial charge in [-0.3, -0.25) is 4.79 Å². The Balaban J connectivity index is 2.42. The van der Waals surface area contributed by atoms with Crippen molar-refractivity contribution in [2.75, 3.05) is 26.7 Å². The van der Waals surface area contributed by atoms with Gasteiger partial charge in [-0.1, -0.05) is 6.58 Å². The average Bonchev–Trinajstić information content (AvgIpc) is 2.33. The van der Waals surface area contributed by atoms with E-state index in [1.165, 1.54) is 6.34 Å². The second-order valence-corrected chi connectivity index (χ2v) is 4.46. The smallest absolute Gasteiger partial charge is 0.239 e. The maximum Gasteiger partial charge on any atom is 0.239 e. The predicted molar refractivity (Wildman–Crippen MR) is 73.6 cm³/mol. The molecule has 1 N–H and O–H groups in total. The molecule has 0 aromatic heterocycles. The van der Waals surface area contributed by atoms with Crippen LogP contribution in [0.5, 0.6) is 0 Å². The minimum absolute atomic E-state index is 0.000595. The molecule has 18 heavy (non-hydrogen) atoms. The van der Waals surface area contributed by atoms with Gasteiger partial charge in [-0.25, -0.2) is 9.98 Å². The van der Waals surface area contributed by atoms with Gasteiger partial charge in [-0.2, -0.15) is 0 Å².